The molecule has 3 aliphatic heterocycles. The fraction of sp³-hybridized carbons (Fsp3) is 0.286. The normalized spacial score (nSPS) is 32.9. The van der Waals surface area contributed by atoms with E-state index < -0.39 is 16.8 Å². The van der Waals surface area contributed by atoms with Crippen molar-refractivity contribution in [1.82, 2.24) is 0 Å². The number of carbonyl (C=O) groups excluding carboxylic acids is 2. The number of benzene rings is 1. The van der Waals surface area contributed by atoms with Crippen molar-refractivity contribution in [2.24, 2.45) is 11.8 Å². The van der Waals surface area contributed by atoms with Gasteiger partial charge in [0.1, 0.15) is 0 Å². The highest BCUT2D eigenvalue weighted by atomic mass is 16.6. The number of amides is 2. The molecule has 0 radical (unpaired) electrons. The van der Waals surface area contributed by atoms with E-state index in [0.717, 1.165) is 4.90 Å². The summed E-state index contributed by atoms with van der Waals surface area (Å²) in [5.41, 5.74) is 0.285. The Bertz CT molecular complexity index is 666. The number of nitrogens with zero attached hydrogens (tertiary/aromatic N) is 2. The number of fused-ring (bicyclic) bond motifs is 5. The SMILES string of the molecule is O=C1[C@@H]2[C@H](C(=O)N1c1ccc([N+](=O)[O-])cc1)[C@@H]1C=C[C@H]2O1. The fourth-order valence-corrected chi connectivity index (χ4v) is 3.28. The molecule has 3 heterocycles. The fourth-order valence-electron chi connectivity index (χ4n) is 3.28. The van der Waals surface area contributed by atoms with Gasteiger partial charge in [0.15, 0.2) is 0 Å². The van der Waals surface area contributed by atoms with Crippen LogP contribution in [0.25, 0.3) is 0 Å². The van der Waals surface area contributed by atoms with Gasteiger partial charge in [-0.15, -0.1) is 0 Å². The number of nitro benzene ring substituents is 1. The highest BCUT2D eigenvalue weighted by Crippen LogP contribution is 2.46. The Morgan fingerprint density at radius 3 is 2.00 bits per heavy atom. The summed E-state index contributed by atoms with van der Waals surface area (Å²) in [6.45, 7) is 0. The van der Waals surface area contributed by atoms with Gasteiger partial charge in [-0.1, -0.05) is 12.2 Å². The average molecular weight is 286 g/mol. The maximum atomic E-state index is 12.5. The summed E-state index contributed by atoms with van der Waals surface area (Å²) >= 11 is 0. The molecule has 4 atom stereocenters. The molecule has 2 fully saturated rings. The molecular formula is C14H10N2O5. The molecule has 7 heteroatoms. The molecule has 0 aliphatic carbocycles. The van der Waals surface area contributed by atoms with Crippen molar-refractivity contribution in [2.45, 2.75) is 12.2 Å². The third-order valence-corrected chi connectivity index (χ3v) is 4.23. The Morgan fingerprint density at radius 2 is 1.52 bits per heavy atom. The summed E-state index contributed by atoms with van der Waals surface area (Å²) in [4.78, 5) is 36.2. The van der Waals surface area contributed by atoms with Crippen LogP contribution in [0.3, 0.4) is 0 Å². The van der Waals surface area contributed by atoms with Gasteiger partial charge >= 0.3 is 0 Å². The molecular weight excluding hydrogens is 276 g/mol. The average Bonchev–Trinajstić information content (AvgIpc) is 3.13. The van der Waals surface area contributed by atoms with Crippen LogP contribution in [0.2, 0.25) is 0 Å². The number of hydrogen-bond acceptors (Lipinski definition) is 5. The molecule has 2 saturated heterocycles. The number of hydrogen-bond donors (Lipinski definition) is 0. The van der Waals surface area contributed by atoms with Gasteiger partial charge in [-0.05, 0) is 12.1 Å². The van der Waals surface area contributed by atoms with Gasteiger partial charge < -0.3 is 4.74 Å². The van der Waals surface area contributed by atoms with Crippen LogP contribution < -0.4 is 4.90 Å². The molecule has 0 N–H and O–H groups in total. The summed E-state index contributed by atoms with van der Waals surface area (Å²) < 4.78 is 5.55. The van der Waals surface area contributed by atoms with Crippen LogP contribution in [0.4, 0.5) is 11.4 Å². The Balaban J connectivity index is 1.69. The zero-order valence-electron chi connectivity index (χ0n) is 10.7. The van der Waals surface area contributed by atoms with Crippen LogP contribution in [-0.2, 0) is 14.3 Å². The largest absolute Gasteiger partial charge is 0.365 e. The smallest absolute Gasteiger partial charge is 0.269 e. The highest BCUT2D eigenvalue weighted by Gasteiger charge is 2.60. The van der Waals surface area contributed by atoms with Crippen LogP contribution in [0.1, 0.15) is 0 Å². The lowest BCUT2D eigenvalue weighted by Gasteiger charge is -2.17. The van der Waals surface area contributed by atoms with Gasteiger partial charge in [-0.2, -0.15) is 0 Å². The standard InChI is InChI=1S/C14H10N2O5/c17-13-11-9-5-6-10(21-9)12(11)14(18)15(13)7-1-3-8(4-2-7)16(19)20/h1-6,9-12H/t9-,10+,11+,12-. The first kappa shape index (κ1) is 12.2. The zero-order valence-corrected chi connectivity index (χ0v) is 10.7. The van der Waals surface area contributed by atoms with E-state index in [4.69, 9.17) is 4.74 Å². The van der Waals surface area contributed by atoms with E-state index in [-0.39, 0.29) is 29.7 Å². The molecule has 106 valence electrons. The van der Waals surface area contributed by atoms with E-state index in [1.807, 2.05) is 12.2 Å². The predicted octanol–water partition coefficient (Wildman–Crippen LogP) is 1.04. The Morgan fingerprint density at radius 1 is 1.00 bits per heavy atom. The third kappa shape index (κ3) is 1.52. The molecule has 0 aromatic heterocycles. The number of imide groups is 1. The summed E-state index contributed by atoms with van der Waals surface area (Å²) in [6.07, 6.45) is 2.96. The minimum absolute atomic E-state index is 0.0805. The van der Waals surface area contributed by atoms with Crippen molar-refractivity contribution in [3.05, 3.63) is 46.5 Å². The van der Waals surface area contributed by atoms with E-state index in [1.54, 1.807) is 0 Å². The van der Waals surface area contributed by atoms with Crippen molar-refractivity contribution in [3.8, 4) is 0 Å². The van der Waals surface area contributed by atoms with Crippen molar-refractivity contribution in [1.29, 1.82) is 0 Å². The van der Waals surface area contributed by atoms with Gasteiger partial charge in [0, 0.05) is 12.1 Å². The van der Waals surface area contributed by atoms with E-state index >= 15 is 0 Å². The summed E-state index contributed by atoms with van der Waals surface area (Å²) in [5.74, 6) is -1.53. The van der Waals surface area contributed by atoms with Gasteiger partial charge in [-0.25, -0.2) is 4.90 Å². The summed E-state index contributed by atoms with van der Waals surface area (Å²) in [5, 5.41) is 10.6. The van der Waals surface area contributed by atoms with E-state index in [9.17, 15) is 19.7 Å². The molecule has 0 spiro atoms. The monoisotopic (exact) mass is 286 g/mol. The minimum Gasteiger partial charge on any atom is -0.365 e. The second-order valence-corrected chi connectivity index (χ2v) is 5.29. The van der Waals surface area contributed by atoms with Crippen molar-refractivity contribution in [2.75, 3.05) is 4.90 Å². The molecule has 2 amide bonds. The number of carbonyl (C=O) groups is 2. The molecule has 1 aromatic rings. The second kappa shape index (κ2) is 3.98. The summed E-state index contributed by atoms with van der Waals surface area (Å²) in [6, 6.07) is 5.41. The molecule has 3 aliphatic rings. The first-order valence-corrected chi connectivity index (χ1v) is 6.54. The quantitative estimate of drug-likeness (QED) is 0.350. The van der Waals surface area contributed by atoms with Crippen molar-refractivity contribution < 1.29 is 19.2 Å². The van der Waals surface area contributed by atoms with Crippen LogP contribution >= 0.6 is 0 Å². The van der Waals surface area contributed by atoms with Gasteiger partial charge in [0.25, 0.3) is 5.69 Å². The lowest BCUT2D eigenvalue weighted by molar-refractivity contribution is -0.384. The molecule has 1 aromatic carbocycles. The third-order valence-electron chi connectivity index (χ3n) is 4.23. The highest BCUT2D eigenvalue weighted by molar-refractivity contribution is 6.23. The van der Waals surface area contributed by atoms with Gasteiger partial charge in [-0.3, -0.25) is 19.7 Å². The molecule has 0 saturated carbocycles. The minimum atomic E-state index is -0.524. The Kier molecular flexibility index (Phi) is 2.32. The molecule has 21 heavy (non-hydrogen) atoms. The molecule has 0 unspecified atom stereocenters. The number of rotatable bonds is 2. The number of ether oxygens (including phenoxy) is 1. The first-order chi connectivity index (χ1) is 10.1. The zero-order chi connectivity index (χ0) is 14.7. The molecule has 4 rings (SSSR count). The Labute approximate surface area is 118 Å². The van der Waals surface area contributed by atoms with Crippen LogP contribution in [0.15, 0.2) is 36.4 Å². The van der Waals surface area contributed by atoms with Crippen molar-refractivity contribution in [3.63, 3.8) is 0 Å². The number of non-ortho nitro benzene ring substituents is 1. The molecule has 7 nitrogen and oxygen atoms in total. The Hall–Kier alpha value is -2.54. The van der Waals surface area contributed by atoms with Crippen molar-refractivity contribution >= 4 is 23.2 Å². The van der Waals surface area contributed by atoms with Gasteiger partial charge in [0.05, 0.1) is 34.7 Å². The predicted molar refractivity (Wildman–Crippen MR) is 70.4 cm³/mol. The lowest BCUT2D eigenvalue weighted by atomic mass is 9.85. The number of nitro groups is 1. The lowest BCUT2D eigenvalue weighted by Crippen LogP contribution is -2.34. The maximum Gasteiger partial charge on any atom is 0.269 e. The second-order valence-electron chi connectivity index (χ2n) is 5.29. The molecule has 2 bridgehead atoms. The van der Waals surface area contributed by atoms with Crippen LogP contribution in [-0.4, -0.2) is 28.9 Å². The summed E-state index contributed by atoms with van der Waals surface area (Å²) in [7, 11) is 0. The van der Waals surface area contributed by atoms with E-state index in [0.29, 0.717) is 5.69 Å². The van der Waals surface area contributed by atoms with Crippen LogP contribution in [0.5, 0.6) is 0 Å². The van der Waals surface area contributed by atoms with Gasteiger partial charge in [0.2, 0.25) is 11.8 Å². The first-order valence-electron chi connectivity index (χ1n) is 6.54. The topological polar surface area (TPSA) is 89.8 Å². The van der Waals surface area contributed by atoms with Crippen LogP contribution in [0, 0.1) is 22.0 Å². The van der Waals surface area contributed by atoms with E-state index in [1.165, 1.54) is 24.3 Å². The van der Waals surface area contributed by atoms with E-state index in [2.05, 4.69) is 0 Å². The maximum absolute atomic E-state index is 12.5. The number of anilines is 1.